The van der Waals surface area contributed by atoms with Crippen LogP contribution in [0.5, 0.6) is 0 Å². The van der Waals surface area contributed by atoms with Gasteiger partial charge in [-0.05, 0) is 18.2 Å². The van der Waals surface area contributed by atoms with Gasteiger partial charge in [0.2, 0.25) is 3.79 Å². The first-order valence-corrected chi connectivity index (χ1v) is 5.95. The van der Waals surface area contributed by atoms with Crippen LogP contribution in [0.15, 0.2) is 33.5 Å². The van der Waals surface area contributed by atoms with Gasteiger partial charge in [-0.25, -0.2) is 4.79 Å². The molecule has 102 valence electrons. The zero-order valence-corrected chi connectivity index (χ0v) is 11.2. The quantitative estimate of drug-likeness (QED) is 0.520. The topological polar surface area (TPSA) is 30.2 Å². The average Bonchev–Trinajstić information content (AvgIpc) is 2.24. The minimum Gasteiger partial charge on any atom is -0.423 e. The lowest BCUT2D eigenvalue weighted by Gasteiger charge is -2.16. The van der Waals surface area contributed by atoms with Crippen LogP contribution >= 0.6 is 34.8 Å². The summed E-state index contributed by atoms with van der Waals surface area (Å²) in [5.41, 5.74) is -2.34. The average molecular weight is 332 g/mol. The fourth-order valence-electron chi connectivity index (χ4n) is 1.57. The Balaban J connectivity index is 2.88. The second kappa shape index (κ2) is 4.58. The van der Waals surface area contributed by atoms with Crippen molar-refractivity contribution >= 4 is 45.8 Å². The molecule has 0 bridgehead atoms. The number of benzene rings is 1. The Hall–Kier alpha value is -0.910. The molecular formula is C11H4Cl3F3O2. The van der Waals surface area contributed by atoms with E-state index in [-0.39, 0.29) is 16.5 Å². The van der Waals surface area contributed by atoms with Crippen molar-refractivity contribution in [3.05, 3.63) is 45.8 Å². The highest BCUT2D eigenvalue weighted by Crippen LogP contribution is 2.44. The zero-order chi connectivity index (χ0) is 14.4. The van der Waals surface area contributed by atoms with Gasteiger partial charge in [0.15, 0.2) is 0 Å². The van der Waals surface area contributed by atoms with Crippen LogP contribution in [0.4, 0.5) is 13.2 Å². The Morgan fingerprint density at radius 3 is 2.21 bits per heavy atom. The van der Waals surface area contributed by atoms with Crippen LogP contribution in [0.3, 0.4) is 0 Å². The Kier molecular flexibility index (Phi) is 3.49. The molecule has 1 heterocycles. The minimum absolute atomic E-state index is 0.132. The molecule has 8 heteroatoms. The summed E-state index contributed by atoms with van der Waals surface area (Å²) < 4.78 is 40.8. The fourth-order valence-corrected chi connectivity index (χ4v) is 2.04. The van der Waals surface area contributed by atoms with E-state index in [1.165, 1.54) is 6.07 Å². The Labute approximate surface area is 119 Å². The van der Waals surface area contributed by atoms with E-state index in [9.17, 15) is 18.0 Å². The maximum atomic E-state index is 12.7. The summed E-state index contributed by atoms with van der Waals surface area (Å²) in [4.78, 5) is 11.1. The smallest absolute Gasteiger partial charge is 0.416 e. The van der Waals surface area contributed by atoms with Gasteiger partial charge in [-0.2, -0.15) is 13.2 Å². The number of alkyl halides is 6. The second-order valence-electron chi connectivity index (χ2n) is 3.69. The molecule has 0 fully saturated rings. The molecule has 0 aliphatic heterocycles. The van der Waals surface area contributed by atoms with E-state index in [4.69, 9.17) is 39.2 Å². The SMILES string of the molecule is O=c1ccc2c(C(Cl)(Cl)Cl)cc(C(F)(F)F)cc2o1. The van der Waals surface area contributed by atoms with Gasteiger partial charge >= 0.3 is 11.8 Å². The molecule has 0 N–H and O–H groups in total. The van der Waals surface area contributed by atoms with Crippen molar-refractivity contribution in [2.45, 2.75) is 9.97 Å². The Morgan fingerprint density at radius 2 is 1.68 bits per heavy atom. The normalized spacial score (nSPS) is 12.9. The Morgan fingerprint density at radius 1 is 1.05 bits per heavy atom. The highest BCUT2D eigenvalue weighted by Gasteiger charge is 2.35. The van der Waals surface area contributed by atoms with Gasteiger partial charge in [0, 0.05) is 17.0 Å². The highest BCUT2D eigenvalue weighted by molar-refractivity contribution is 6.67. The summed E-state index contributed by atoms with van der Waals surface area (Å²) in [6, 6.07) is 3.69. The zero-order valence-electron chi connectivity index (χ0n) is 8.89. The third-order valence-electron chi connectivity index (χ3n) is 2.37. The second-order valence-corrected chi connectivity index (χ2v) is 5.97. The van der Waals surface area contributed by atoms with Gasteiger partial charge in [-0.15, -0.1) is 0 Å². The molecule has 19 heavy (non-hydrogen) atoms. The van der Waals surface area contributed by atoms with Crippen molar-refractivity contribution in [3.63, 3.8) is 0 Å². The van der Waals surface area contributed by atoms with Crippen molar-refractivity contribution < 1.29 is 17.6 Å². The highest BCUT2D eigenvalue weighted by atomic mass is 35.6. The lowest BCUT2D eigenvalue weighted by molar-refractivity contribution is -0.137. The third-order valence-corrected chi connectivity index (χ3v) is 2.98. The molecule has 0 amide bonds. The van der Waals surface area contributed by atoms with E-state index >= 15 is 0 Å². The molecule has 1 aromatic heterocycles. The van der Waals surface area contributed by atoms with E-state index in [0.717, 1.165) is 12.1 Å². The molecule has 0 saturated heterocycles. The maximum Gasteiger partial charge on any atom is 0.416 e. The maximum absolute atomic E-state index is 12.7. The van der Waals surface area contributed by atoms with E-state index in [0.29, 0.717) is 6.07 Å². The molecule has 0 radical (unpaired) electrons. The van der Waals surface area contributed by atoms with Crippen molar-refractivity contribution in [2.24, 2.45) is 0 Å². The van der Waals surface area contributed by atoms with Crippen LogP contribution in [0.2, 0.25) is 0 Å². The number of hydrogen-bond acceptors (Lipinski definition) is 2. The van der Waals surface area contributed by atoms with Crippen molar-refractivity contribution in [2.75, 3.05) is 0 Å². The van der Waals surface area contributed by atoms with E-state index in [1.54, 1.807) is 0 Å². The fraction of sp³-hybridized carbons (Fsp3) is 0.182. The van der Waals surface area contributed by atoms with Crippen molar-refractivity contribution in [1.29, 1.82) is 0 Å². The van der Waals surface area contributed by atoms with Gasteiger partial charge in [0.05, 0.1) is 5.56 Å². The summed E-state index contributed by atoms with van der Waals surface area (Å²) in [6.07, 6.45) is -4.65. The summed E-state index contributed by atoms with van der Waals surface area (Å²) >= 11 is 16.9. The van der Waals surface area contributed by atoms with E-state index in [2.05, 4.69) is 0 Å². The van der Waals surface area contributed by atoms with Crippen LogP contribution in [-0.2, 0) is 9.97 Å². The number of fused-ring (bicyclic) bond motifs is 1. The standard InChI is InChI=1S/C11H4Cl3F3O2/c12-10(13,14)7-3-5(11(15,16)17)4-8-6(7)1-2-9(18)19-8/h1-4H. The molecular weight excluding hydrogens is 327 g/mol. The molecule has 0 atom stereocenters. The first-order valence-electron chi connectivity index (χ1n) is 4.81. The predicted molar refractivity (Wildman–Crippen MR) is 66.7 cm³/mol. The molecule has 0 spiro atoms. The van der Waals surface area contributed by atoms with Gasteiger partial charge in [0.1, 0.15) is 5.58 Å². The van der Waals surface area contributed by atoms with Crippen molar-refractivity contribution in [3.8, 4) is 0 Å². The monoisotopic (exact) mass is 330 g/mol. The van der Waals surface area contributed by atoms with Crippen LogP contribution in [0, 0.1) is 0 Å². The van der Waals surface area contributed by atoms with E-state index < -0.39 is 21.2 Å². The minimum atomic E-state index is -4.65. The first kappa shape index (κ1) is 14.5. The van der Waals surface area contributed by atoms with Crippen LogP contribution < -0.4 is 5.63 Å². The summed E-state index contributed by atoms with van der Waals surface area (Å²) in [6.45, 7) is 0. The molecule has 2 rings (SSSR count). The molecule has 0 saturated carbocycles. The van der Waals surface area contributed by atoms with E-state index in [1.807, 2.05) is 0 Å². The molecule has 0 aliphatic carbocycles. The summed E-state index contributed by atoms with van der Waals surface area (Å²) in [5.74, 6) is 0. The van der Waals surface area contributed by atoms with Crippen LogP contribution in [0.1, 0.15) is 11.1 Å². The number of rotatable bonds is 0. The van der Waals surface area contributed by atoms with Crippen LogP contribution in [0.25, 0.3) is 11.0 Å². The summed E-state index contributed by atoms with van der Waals surface area (Å²) in [7, 11) is 0. The Bertz CT molecular complexity index is 686. The van der Waals surface area contributed by atoms with Crippen LogP contribution in [-0.4, -0.2) is 0 Å². The lowest BCUT2D eigenvalue weighted by Crippen LogP contribution is -2.10. The molecule has 2 nitrogen and oxygen atoms in total. The third kappa shape index (κ3) is 2.99. The van der Waals surface area contributed by atoms with Crippen molar-refractivity contribution in [1.82, 2.24) is 0 Å². The molecule has 0 aliphatic rings. The van der Waals surface area contributed by atoms with Gasteiger partial charge in [0.25, 0.3) is 0 Å². The molecule has 0 unspecified atom stereocenters. The van der Waals surface area contributed by atoms with Gasteiger partial charge in [-0.3, -0.25) is 0 Å². The predicted octanol–water partition coefficient (Wildman–Crippen LogP) is 4.64. The summed E-state index contributed by atoms with van der Waals surface area (Å²) in [5, 5.41) is 0.132. The largest absolute Gasteiger partial charge is 0.423 e. The van der Waals surface area contributed by atoms with Gasteiger partial charge in [-0.1, -0.05) is 34.8 Å². The van der Waals surface area contributed by atoms with Gasteiger partial charge < -0.3 is 4.42 Å². The molecule has 1 aromatic carbocycles. The number of hydrogen-bond donors (Lipinski definition) is 0. The lowest BCUT2D eigenvalue weighted by atomic mass is 10.1. The first-order chi connectivity index (χ1) is 8.59. The molecule has 2 aromatic rings. The number of halogens is 6.